The highest BCUT2D eigenvalue weighted by atomic mass is 16.5. The van der Waals surface area contributed by atoms with Crippen molar-refractivity contribution in [2.45, 2.75) is 39.0 Å². The Morgan fingerprint density at radius 1 is 1.44 bits per heavy atom. The van der Waals surface area contributed by atoms with Crippen molar-refractivity contribution in [2.24, 2.45) is 0 Å². The van der Waals surface area contributed by atoms with E-state index in [0.29, 0.717) is 18.1 Å². The monoisotopic (exact) mass is 250 g/mol. The predicted octanol–water partition coefficient (Wildman–Crippen LogP) is 3.38. The summed E-state index contributed by atoms with van der Waals surface area (Å²) in [5, 5.41) is 8.08. The summed E-state index contributed by atoms with van der Waals surface area (Å²) in [6.07, 6.45) is 7.88. The van der Waals surface area contributed by atoms with E-state index in [1.165, 1.54) is 19.3 Å². The van der Waals surface area contributed by atoms with Crippen LogP contribution in [-0.4, -0.2) is 37.4 Å². The standard InChI is InChI=1S/C15H26N2O/c1-4-5-6-7-11-18-13(2)15(16)14-9-8-10-17(3)12-14/h9,16H,2,4-8,10-12H2,1,3H3. The van der Waals surface area contributed by atoms with Gasteiger partial charge in [0, 0.05) is 13.1 Å². The largest absolute Gasteiger partial charge is 0.492 e. The minimum Gasteiger partial charge on any atom is -0.492 e. The van der Waals surface area contributed by atoms with Gasteiger partial charge in [-0.3, -0.25) is 5.41 Å². The fourth-order valence-electron chi connectivity index (χ4n) is 2.05. The van der Waals surface area contributed by atoms with Crippen LogP contribution >= 0.6 is 0 Å². The smallest absolute Gasteiger partial charge is 0.137 e. The third-order valence-electron chi connectivity index (χ3n) is 3.22. The maximum Gasteiger partial charge on any atom is 0.137 e. The van der Waals surface area contributed by atoms with E-state index in [1.54, 1.807) is 0 Å². The van der Waals surface area contributed by atoms with Crippen molar-refractivity contribution in [1.29, 1.82) is 5.41 Å². The van der Waals surface area contributed by atoms with Crippen molar-refractivity contribution < 1.29 is 4.74 Å². The lowest BCUT2D eigenvalue weighted by Crippen LogP contribution is -2.29. The SMILES string of the molecule is C=C(OCCCCCC)C(=N)C1=CCCN(C)C1. The molecule has 0 spiro atoms. The number of allylic oxidation sites excluding steroid dienone is 1. The van der Waals surface area contributed by atoms with Gasteiger partial charge in [0.2, 0.25) is 0 Å². The van der Waals surface area contributed by atoms with E-state index in [0.717, 1.165) is 31.5 Å². The summed E-state index contributed by atoms with van der Waals surface area (Å²) in [7, 11) is 2.08. The molecule has 1 heterocycles. The van der Waals surface area contributed by atoms with Crippen LogP contribution < -0.4 is 0 Å². The average molecular weight is 250 g/mol. The van der Waals surface area contributed by atoms with E-state index in [2.05, 4.69) is 31.5 Å². The number of nitrogens with zero attached hydrogens (tertiary/aromatic N) is 1. The lowest BCUT2D eigenvalue weighted by molar-refractivity contribution is 0.224. The molecular weight excluding hydrogens is 224 g/mol. The van der Waals surface area contributed by atoms with E-state index in [1.807, 2.05) is 0 Å². The molecule has 0 radical (unpaired) electrons. The van der Waals surface area contributed by atoms with Crippen molar-refractivity contribution >= 4 is 5.71 Å². The summed E-state index contributed by atoms with van der Waals surface area (Å²) >= 11 is 0. The second kappa shape index (κ2) is 8.09. The molecule has 0 aromatic heterocycles. The molecule has 18 heavy (non-hydrogen) atoms. The molecule has 1 aliphatic heterocycles. The summed E-state index contributed by atoms with van der Waals surface area (Å²) in [4.78, 5) is 2.22. The normalized spacial score (nSPS) is 16.2. The van der Waals surface area contributed by atoms with Crippen molar-refractivity contribution in [3.05, 3.63) is 24.0 Å². The van der Waals surface area contributed by atoms with Crippen LogP contribution in [0.5, 0.6) is 0 Å². The number of hydrogen-bond donors (Lipinski definition) is 1. The van der Waals surface area contributed by atoms with Gasteiger partial charge in [0.1, 0.15) is 5.76 Å². The van der Waals surface area contributed by atoms with Gasteiger partial charge in [0.25, 0.3) is 0 Å². The number of likely N-dealkylation sites (N-methyl/N-ethyl adjacent to an activating group) is 1. The first-order valence-corrected chi connectivity index (χ1v) is 6.93. The number of hydrogen-bond acceptors (Lipinski definition) is 3. The Kier molecular flexibility index (Phi) is 6.73. The van der Waals surface area contributed by atoms with Crippen molar-refractivity contribution in [3.63, 3.8) is 0 Å². The van der Waals surface area contributed by atoms with Gasteiger partial charge >= 0.3 is 0 Å². The summed E-state index contributed by atoms with van der Waals surface area (Å²) in [5.41, 5.74) is 1.51. The molecule has 0 atom stereocenters. The van der Waals surface area contributed by atoms with E-state index < -0.39 is 0 Å². The average Bonchev–Trinajstić information content (AvgIpc) is 2.37. The highest BCUT2D eigenvalue weighted by molar-refractivity contribution is 6.08. The van der Waals surface area contributed by atoms with Crippen LogP contribution in [0.15, 0.2) is 24.0 Å². The third-order valence-corrected chi connectivity index (χ3v) is 3.22. The topological polar surface area (TPSA) is 36.3 Å². The van der Waals surface area contributed by atoms with E-state index >= 15 is 0 Å². The fraction of sp³-hybridized carbons (Fsp3) is 0.667. The van der Waals surface area contributed by atoms with Crippen LogP contribution in [0.1, 0.15) is 39.0 Å². The molecule has 1 aliphatic rings. The Labute approximate surface area is 111 Å². The molecule has 0 saturated heterocycles. The molecule has 0 aromatic carbocycles. The molecule has 3 nitrogen and oxygen atoms in total. The van der Waals surface area contributed by atoms with Gasteiger partial charge in [-0.2, -0.15) is 0 Å². The van der Waals surface area contributed by atoms with Gasteiger partial charge in [-0.15, -0.1) is 0 Å². The maximum absolute atomic E-state index is 8.08. The molecule has 0 aromatic rings. The number of nitrogens with one attached hydrogen (secondary N) is 1. The zero-order chi connectivity index (χ0) is 13.4. The quantitative estimate of drug-likeness (QED) is 0.407. The Balaban J connectivity index is 2.28. The fourth-order valence-corrected chi connectivity index (χ4v) is 2.05. The minimum absolute atomic E-state index is 0.469. The summed E-state index contributed by atoms with van der Waals surface area (Å²) in [6.45, 7) is 8.65. The van der Waals surface area contributed by atoms with Crippen LogP contribution in [0.3, 0.4) is 0 Å². The number of ether oxygens (including phenoxy) is 1. The van der Waals surface area contributed by atoms with Gasteiger partial charge in [-0.1, -0.05) is 38.8 Å². The Morgan fingerprint density at radius 2 is 2.22 bits per heavy atom. The van der Waals surface area contributed by atoms with E-state index in [-0.39, 0.29) is 0 Å². The second-order valence-electron chi connectivity index (χ2n) is 4.96. The van der Waals surface area contributed by atoms with Crippen LogP contribution in [0, 0.1) is 5.41 Å². The van der Waals surface area contributed by atoms with Gasteiger partial charge in [-0.05, 0) is 25.5 Å². The van der Waals surface area contributed by atoms with Crippen molar-refractivity contribution in [1.82, 2.24) is 4.90 Å². The summed E-state index contributed by atoms with van der Waals surface area (Å²) < 4.78 is 5.56. The molecule has 3 heteroatoms. The first-order valence-electron chi connectivity index (χ1n) is 6.93. The lowest BCUT2D eigenvalue weighted by atomic mass is 10.0. The summed E-state index contributed by atoms with van der Waals surface area (Å²) in [6, 6.07) is 0. The Bertz CT molecular complexity index is 320. The predicted molar refractivity (Wildman–Crippen MR) is 77.2 cm³/mol. The van der Waals surface area contributed by atoms with Gasteiger partial charge in [0.05, 0.1) is 12.3 Å². The first-order chi connectivity index (χ1) is 8.65. The molecule has 0 saturated carbocycles. The van der Waals surface area contributed by atoms with Crippen LogP contribution in [0.2, 0.25) is 0 Å². The molecule has 0 amide bonds. The molecule has 102 valence electrons. The van der Waals surface area contributed by atoms with Crippen LogP contribution in [-0.2, 0) is 4.74 Å². The van der Waals surface area contributed by atoms with E-state index in [4.69, 9.17) is 10.1 Å². The van der Waals surface area contributed by atoms with Gasteiger partial charge < -0.3 is 9.64 Å². The summed E-state index contributed by atoms with van der Waals surface area (Å²) in [5.74, 6) is 0.521. The molecule has 0 unspecified atom stereocenters. The first kappa shape index (κ1) is 15.0. The van der Waals surface area contributed by atoms with Crippen molar-refractivity contribution in [3.8, 4) is 0 Å². The molecule has 0 bridgehead atoms. The van der Waals surface area contributed by atoms with Crippen molar-refractivity contribution in [2.75, 3.05) is 26.7 Å². The van der Waals surface area contributed by atoms with Gasteiger partial charge in [-0.25, -0.2) is 0 Å². The highest BCUT2D eigenvalue weighted by Crippen LogP contribution is 2.14. The van der Waals surface area contributed by atoms with Crippen LogP contribution in [0.25, 0.3) is 0 Å². The molecule has 0 aliphatic carbocycles. The molecular formula is C15H26N2O. The second-order valence-corrected chi connectivity index (χ2v) is 4.96. The minimum atomic E-state index is 0.469. The lowest BCUT2D eigenvalue weighted by Gasteiger charge is -2.23. The Morgan fingerprint density at radius 3 is 2.89 bits per heavy atom. The molecule has 1 rings (SSSR count). The van der Waals surface area contributed by atoms with E-state index in [9.17, 15) is 0 Å². The third kappa shape index (κ3) is 5.05. The number of rotatable bonds is 8. The molecule has 1 N–H and O–H groups in total. The highest BCUT2D eigenvalue weighted by Gasteiger charge is 2.15. The number of unbranched alkanes of at least 4 members (excludes halogenated alkanes) is 3. The zero-order valence-corrected chi connectivity index (χ0v) is 11.8. The molecule has 0 fully saturated rings. The Hall–Kier alpha value is -1.09. The zero-order valence-electron chi connectivity index (χ0n) is 11.8. The maximum atomic E-state index is 8.08. The van der Waals surface area contributed by atoms with Crippen LogP contribution in [0.4, 0.5) is 0 Å². The van der Waals surface area contributed by atoms with Gasteiger partial charge in [0.15, 0.2) is 0 Å².